The van der Waals surface area contributed by atoms with Crippen molar-refractivity contribution in [3.63, 3.8) is 0 Å². The van der Waals surface area contributed by atoms with Crippen LogP contribution >= 0.6 is 12.1 Å². The van der Waals surface area contributed by atoms with Crippen molar-refractivity contribution >= 4 is 18.0 Å². The minimum atomic E-state index is -0.0526. The van der Waals surface area contributed by atoms with Crippen LogP contribution in [0.3, 0.4) is 0 Å². The van der Waals surface area contributed by atoms with Crippen molar-refractivity contribution in [1.29, 1.82) is 0 Å². The molecule has 1 aliphatic rings. The van der Waals surface area contributed by atoms with Crippen molar-refractivity contribution in [3.05, 3.63) is 0 Å². The molecule has 11 heavy (non-hydrogen) atoms. The van der Waals surface area contributed by atoms with Gasteiger partial charge in [-0.3, -0.25) is 9.52 Å². The van der Waals surface area contributed by atoms with Gasteiger partial charge in [0.1, 0.15) is 0 Å². The molecule has 0 aromatic carbocycles. The summed E-state index contributed by atoms with van der Waals surface area (Å²) in [7, 11) is 3.81. The monoisotopic (exact) mass is 174 g/mol. The van der Waals surface area contributed by atoms with Crippen molar-refractivity contribution in [2.45, 2.75) is 19.8 Å². The first kappa shape index (κ1) is 8.87. The highest BCUT2D eigenvalue weighted by atomic mass is 32.2. The molecule has 0 spiro atoms. The fourth-order valence-electron chi connectivity index (χ4n) is 0.671. The van der Waals surface area contributed by atoms with Crippen LogP contribution in [0.1, 0.15) is 19.8 Å². The number of nitrogens with zero attached hydrogens (tertiary/aromatic N) is 1. The van der Waals surface area contributed by atoms with Crippen molar-refractivity contribution in [1.82, 2.24) is 9.03 Å². The number of hydrogen-bond acceptors (Lipinski definition) is 3. The van der Waals surface area contributed by atoms with Gasteiger partial charge in [-0.25, -0.2) is 4.31 Å². The first-order valence-electron chi connectivity index (χ1n) is 3.69. The number of hydrogen-bond donors (Lipinski definition) is 1. The lowest BCUT2D eigenvalue weighted by molar-refractivity contribution is -0.123. The summed E-state index contributed by atoms with van der Waals surface area (Å²) in [6.07, 6.45) is 2.07. The van der Waals surface area contributed by atoms with Gasteiger partial charge in [0.2, 0.25) is 5.91 Å². The summed E-state index contributed by atoms with van der Waals surface area (Å²) >= 11 is 1.34. The van der Waals surface area contributed by atoms with Crippen LogP contribution < -0.4 is 4.72 Å². The van der Waals surface area contributed by atoms with Gasteiger partial charge in [0, 0.05) is 17.5 Å². The Labute approximate surface area is 71.8 Å². The third-order valence-corrected chi connectivity index (χ3v) is 2.51. The topological polar surface area (TPSA) is 32.3 Å². The minimum Gasteiger partial charge on any atom is -0.286 e. The van der Waals surface area contributed by atoms with Crippen molar-refractivity contribution in [3.8, 4) is 0 Å². The number of carbonyl (C=O) groups excluding carboxylic acids is 1. The largest absolute Gasteiger partial charge is 0.286 e. The maximum Gasteiger partial charge on any atom is 0.236 e. The quantitative estimate of drug-likeness (QED) is 0.648. The average Bonchev–Trinajstić information content (AvgIpc) is 2.64. The molecule has 1 rings (SSSR count). The van der Waals surface area contributed by atoms with Crippen LogP contribution in [0.15, 0.2) is 0 Å². The zero-order chi connectivity index (χ0) is 8.48. The molecule has 0 saturated heterocycles. The van der Waals surface area contributed by atoms with Crippen molar-refractivity contribution < 1.29 is 4.79 Å². The van der Waals surface area contributed by atoms with Crippen LogP contribution in [0.4, 0.5) is 0 Å². The highest BCUT2D eigenvalue weighted by Crippen LogP contribution is 2.45. The fraction of sp³-hybridized carbons (Fsp3) is 0.857. The SMILES string of the molecule is CN(C)SNC(=O)C1(C)CC1. The Balaban J connectivity index is 2.22. The van der Waals surface area contributed by atoms with Gasteiger partial charge in [-0.1, -0.05) is 6.92 Å². The molecule has 0 unspecified atom stereocenters. The summed E-state index contributed by atoms with van der Waals surface area (Å²) < 4.78 is 4.65. The molecule has 1 amide bonds. The predicted molar refractivity (Wildman–Crippen MR) is 46.8 cm³/mol. The molecule has 1 aliphatic carbocycles. The standard InChI is InChI=1S/C7H14N2OS/c1-7(4-5-7)6(10)8-11-9(2)3/h4-5H2,1-3H3,(H,8,10). The van der Waals surface area contributed by atoms with Gasteiger partial charge in [-0.05, 0) is 26.9 Å². The number of rotatable bonds is 3. The van der Waals surface area contributed by atoms with E-state index >= 15 is 0 Å². The first-order chi connectivity index (χ1) is 5.04. The van der Waals surface area contributed by atoms with E-state index in [1.807, 2.05) is 25.3 Å². The Morgan fingerprint density at radius 1 is 1.55 bits per heavy atom. The maximum absolute atomic E-state index is 11.3. The lowest BCUT2D eigenvalue weighted by Crippen LogP contribution is -2.27. The van der Waals surface area contributed by atoms with Gasteiger partial charge in [-0.2, -0.15) is 0 Å². The zero-order valence-corrected chi connectivity index (χ0v) is 7.99. The van der Waals surface area contributed by atoms with E-state index in [0.29, 0.717) is 0 Å². The molecule has 1 saturated carbocycles. The van der Waals surface area contributed by atoms with Crippen LogP contribution in [-0.4, -0.2) is 24.3 Å². The molecule has 0 aromatic rings. The Bertz CT molecular complexity index is 166. The molecule has 0 heterocycles. The summed E-state index contributed by atoms with van der Waals surface area (Å²) in [6, 6.07) is 0. The fourth-order valence-corrected chi connectivity index (χ4v) is 1.18. The third-order valence-electron chi connectivity index (χ3n) is 1.87. The molecule has 3 nitrogen and oxygen atoms in total. The van der Waals surface area contributed by atoms with Gasteiger partial charge >= 0.3 is 0 Å². The Morgan fingerprint density at radius 3 is 2.45 bits per heavy atom. The summed E-state index contributed by atoms with van der Waals surface area (Å²) in [6.45, 7) is 2.00. The highest BCUT2D eigenvalue weighted by molar-refractivity contribution is 7.95. The average molecular weight is 174 g/mol. The number of amides is 1. The zero-order valence-electron chi connectivity index (χ0n) is 7.18. The second kappa shape index (κ2) is 3.03. The molecule has 0 radical (unpaired) electrons. The molecular formula is C7H14N2OS. The van der Waals surface area contributed by atoms with Crippen molar-refractivity contribution in [2.24, 2.45) is 5.41 Å². The van der Waals surface area contributed by atoms with Gasteiger partial charge in [0.25, 0.3) is 0 Å². The molecular weight excluding hydrogens is 160 g/mol. The van der Waals surface area contributed by atoms with E-state index in [1.54, 1.807) is 0 Å². The molecule has 0 atom stereocenters. The van der Waals surface area contributed by atoms with Crippen LogP contribution in [0.2, 0.25) is 0 Å². The third kappa shape index (κ3) is 2.38. The van der Waals surface area contributed by atoms with Gasteiger partial charge < -0.3 is 0 Å². The first-order valence-corrected chi connectivity index (χ1v) is 4.47. The molecule has 0 bridgehead atoms. The van der Waals surface area contributed by atoms with Crippen molar-refractivity contribution in [2.75, 3.05) is 14.1 Å². The Morgan fingerprint density at radius 2 is 2.09 bits per heavy atom. The maximum atomic E-state index is 11.3. The summed E-state index contributed by atoms with van der Waals surface area (Å²) in [4.78, 5) is 11.3. The van der Waals surface area contributed by atoms with Crippen LogP contribution in [0, 0.1) is 5.41 Å². The van der Waals surface area contributed by atoms with Crippen LogP contribution in [-0.2, 0) is 4.79 Å². The van der Waals surface area contributed by atoms with E-state index in [9.17, 15) is 4.79 Å². The minimum absolute atomic E-state index is 0.0526. The van der Waals surface area contributed by atoms with E-state index in [-0.39, 0.29) is 11.3 Å². The van der Waals surface area contributed by atoms with Gasteiger partial charge in [0.15, 0.2) is 0 Å². The Kier molecular flexibility index (Phi) is 2.44. The Hall–Kier alpha value is -0.220. The van der Waals surface area contributed by atoms with Gasteiger partial charge in [0.05, 0.1) is 0 Å². The molecule has 1 fully saturated rings. The lowest BCUT2D eigenvalue weighted by atomic mass is 10.1. The van der Waals surface area contributed by atoms with Gasteiger partial charge in [-0.15, -0.1) is 0 Å². The second-order valence-electron chi connectivity index (χ2n) is 3.40. The highest BCUT2D eigenvalue weighted by Gasteiger charge is 2.44. The number of carbonyl (C=O) groups is 1. The van der Waals surface area contributed by atoms with Crippen LogP contribution in [0.25, 0.3) is 0 Å². The smallest absolute Gasteiger partial charge is 0.236 e. The van der Waals surface area contributed by atoms with E-state index in [2.05, 4.69) is 4.72 Å². The molecule has 0 aliphatic heterocycles. The van der Waals surface area contributed by atoms with E-state index in [0.717, 1.165) is 12.8 Å². The van der Waals surface area contributed by atoms with E-state index in [1.165, 1.54) is 12.1 Å². The molecule has 1 N–H and O–H groups in total. The number of nitrogens with one attached hydrogen (secondary N) is 1. The summed E-state index contributed by atoms with van der Waals surface area (Å²) in [5, 5.41) is 0. The van der Waals surface area contributed by atoms with Crippen LogP contribution in [0.5, 0.6) is 0 Å². The van der Waals surface area contributed by atoms with E-state index in [4.69, 9.17) is 0 Å². The van der Waals surface area contributed by atoms with E-state index < -0.39 is 0 Å². The summed E-state index contributed by atoms with van der Waals surface area (Å²) in [5.74, 6) is 0.163. The normalized spacial score (nSPS) is 20.0. The molecule has 0 aromatic heterocycles. The predicted octanol–water partition coefficient (Wildman–Crippen LogP) is 1.03. The second-order valence-corrected chi connectivity index (χ2v) is 4.51. The summed E-state index contributed by atoms with van der Waals surface area (Å²) in [5.41, 5.74) is -0.0526. The molecule has 4 heteroatoms. The lowest BCUT2D eigenvalue weighted by Gasteiger charge is -2.11. The molecule has 64 valence electrons.